The Labute approximate surface area is 126 Å². The summed E-state index contributed by atoms with van der Waals surface area (Å²) in [6.07, 6.45) is 3.70. The lowest BCUT2D eigenvalue weighted by atomic mass is 9.81. The zero-order valence-corrected chi connectivity index (χ0v) is 12.8. The lowest BCUT2D eigenvalue weighted by Crippen LogP contribution is -2.30. The lowest BCUT2D eigenvalue weighted by molar-refractivity contribution is -0.122. The fraction of sp³-hybridized carbons (Fsp3) is 0.500. The Morgan fingerprint density at radius 2 is 2.10 bits per heavy atom. The average molecular weight is 285 g/mol. The molecule has 2 N–H and O–H groups in total. The van der Waals surface area contributed by atoms with Crippen LogP contribution in [0.15, 0.2) is 24.3 Å². The first kappa shape index (κ1) is 15.6. The summed E-state index contributed by atoms with van der Waals surface area (Å²) in [7, 11) is 0. The summed E-state index contributed by atoms with van der Waals surface area (Å²) in [5, 5.41) is 11.7. The van der Waals surface area contributed by atoms with Gasteiger partial charge in [-0.05, 0) is 42.5 Å². The predicted octanol–water partition coefficient (Wildman–Crippen LogP) is 3.19. The summed E-state index contributed by atoms with van der Waals surface area (Å²) in [4.78, 5) is 12.4. The van der Waals surface area contributed by atoms with Crippen LogP contribution in [-0.2, 0) is 4.79 Å². The highest BCUT2D eigenvalue weighted by atomic mass is 16.2. The molecule has 1 fully saturated rings. The van der Waals surface area contributed by atoms with Gasteiger partial charge < -0.3 is 10.4 Å². The molecule has 1 aliphatic carbocycles. The van der Waals surface area contributed by atoms with Gasteiger partial charge in [-0.3, -0.25) is 4.79 Å². The van der Waals surface area contributed by atoms with Gasteiger partial charge in [-0.2, -0.15) is 0 Å². The Bertz CT molecular complexity index is 549. The van der Waals surface area contributed by atoms with Crippen molar-refractivity contribution < 1.29 is 9.90 Å². The van der Waals surface area contributed by atoms with Crippen LogP contribution < -0.4 is 5.32 Å². The molecule has 0 bridgehead atoms. The van der Waals surface area contributed by atoms with Crippen LogP contribution in [0.1, 0.15) is 45.1 Å². The minimum atomic E-state index is 0.0817. The number of benzene rings is 1. The van der Waals surface area contributed by atoms with Gasteiger partial charge in [0, 0.05) is 23.6 Å². The van der Waals surface area contributed by atoms with E-state index >= 15 is 0 Å². The molecule has 1 unspecified atom stereocenters. The Kier molecular flexibility index (Phi) is 5.03. The maximum absolute atomic E-state index is 12.4. The number of nitrogens with one attached hydrogen (secondary N) is 1. The fourth-order valence-corrected chi connectivity index (χ4v) is 2.90. The van der Waals surface area contributed by atoms with E-state index in [0.717, 1.165) is 30.5 Å². The molecule has 0 saturated heterocycles. The lowest BCUT2D eigenvalue weighted by Gasteiger charge is -2.25. The van der Waals surface area contributed by atoms with Gasteiger partial charge in [-0.15, -0.1) is 0 Å². The van der Waals surface area contributed by atoms with Crippen LogP contribution in [0.4, 0.5) is 5.69 Å². The van der Waals surface area contributed by atoms with Crippen molar-refractivity contribution in [3.8, 4) is 11.8 Å². The van der Waals surface area contributed by atoms with Crippen molar-refractivity contribution in [1.29, 1.82) is 0 Å². The molecule has 112 valence electrons. The molecule has 1 aromatic rings. The number of hydrogen-bond donors (Lipinski definition) is 2. The number of aliphatic hydroxyl groups excluding tert-OH is 1. The van der Waals surface area contributed by atoms with Crippen LogP contribution in [0.5, 0.6) is 0 Å². The molecule has 2 rings (SSSR count). The maximum Gasteiger partial charge on any atom is 0.228 e. The van der Waals surface area contributed by atoms with Gasteiger partial charge in [0.05, 0.1) is 6.61 Å². The van der Waals surface area contributed by atoms with Crippen molar-refractivity contribution >= 4 is 11.6 Å². The minimum Gasteiger partial charge on any atom is -0.395 e. The van der Waals surface area contributed by atoms with E-state index in [-0.39, 0.29) is 23.8 Å². The van der Waals surface area contributed by atoms with Gasteiger partial charge in [0.15, 0.2) is 0 Å². The summed E-state index contributed by atoms with van der Waals surface area (Å²) < 4.78 is 0. The van der Waals surface area contributed by atoms with E-state index in [1.165, 1.54) is 0 Å². The van der Waals surface area contributed by atoms with Gasteiger partial charge in [0.25, 0.3) is 0 Å². The van der Waals surface area contributed by atoms with Crippen LogP contribution in [0.3, 0.4) is 0 Å². The highest BCUT2D eigenvalue weighted by Crippen LogP contribution is 2.42. The molecule has 1 atom stereocenters. The van der Waals surface area contributed by atoms with Gasteiger partial charge in [0.2, 0.25) is 5.91 Å². The highest BCUT2D eigenvalue weighted by Gasteiger charge is 2.39. The molecule has 0 aliphatic heterocycles. The van der Waals surface area contributed by atoms with Gasteiger partial charge >= 0.3 is 0 Å². The van der Waals surface area contributed by atoms with Crippen LogP contribution in [-0.4, -0.2) is 17.6 Å². The number of aliphatic hydroxyl groups is 1. The van der Waals surface area contributed by atoms with Crippen molar-refractivity contribution in [2.24, 2.45) is 11.3 Å². The van der Waals surface area contributed by atoms with E-state index in [2.05, 4.69) is 31.0 Å². The van der Waals surface area contributed by atoms with Gasteiger partial charge in [-0.25, -0.2) is 0 Å². The molecular weight excluding hydrogens is 262 g/mol. The standard InChI is InChI=1S/C18H23NO2/c1-18(2)12-5-7-16(18)17(21)19-15-10-8-14(9-11-15)6-3-4-13-20/h8-11,16,20H,4-5,7,12-13H2,1-2H3,(H,19,21). The summed E-state index contributed by atoms with van der Waals surface area (Å²) in [6.45, 7) is 4.42. The highest BCUT2D eigenvalue weighted by molar-refractivity contribution is 5.93. The zero-order chi connectivity index (χ0) is 15.3. The predicted molar refractivity (Wildman–Crippen MR) is 84.8 cm³/mol. The Balaban J connectivity index is 1.97. The third kappa shape index (κ3) is 4.09. The van der Waals surface area contributed by atoms with E-state index in [4.69, 9.17) is 5.11 Å². The second-order valence-electron chi connectivity index (χ2n) is 6.28. The first-order valence-corrected chi connectivity index (χ1v) is 7.53. The maximum atomic E-state index is 12.4. The van der Waals surface area contributed by atoms with E-state index < -0.39 is 0 Å². The van der Waals surface area contributed by atoms with E-state index in [1.54, 1.807) is 0 Å². The van der Waals surface area contributed by atoms with Gasteiger partial charge in [0.1, 0.15) is 0 Å². The van der Waals surface area contributed by atoms with Crippen molar-refractivity contribution in [3.63, 3.8) is 0 Å². The van der Waals surface area contributed by atoms with Crippen LogP contribution in [0, 0.1) is 23.2 Å². The van der Waals surface area contributed by atoms with Crippen LogP contribution in [0.25, 0.3) is 0 Å². The largest absolute Gasteiger partial charge is 0.395 e. The first-order valence-electron chi connectivity index (χ1n) is 7.53. The second kappa shape index (κ2) is 6.78. The third-order valence-corrected chi connectivity index (χ3v) is 4.20. The first-order chi connectivity index (χ1) is 10.0. The molecule has 1 amide bonds. The molecule has 0 heterocycles. The molecule has 0 aromatic heterocycles. The molecule has 1 aromatic carbocycles. The molecule has 0 radical (unpaired) electrons. The summed E-state index contributed by atoms with van der Waals surface area (Å²) in [5.74, 6) is 6.07. The Hall–Kier alpha value is -1.79. The Morgan fingerprint density at radius 3 is 2.67 bits per heavy atom. The molecule has 3 heteroatoms. The van der Waals surface area contributed by atoms with Gasteiger partial charge in [-0.1, -0.05) is 32.1 Å². The van der Waals surface area contributed by atoms with Crippen molar-refractivity contribution in [1.82, 2.24) is 0 Å². The monoisotopic (exact) mass is 285 g/mol. The molecule has 3 nitrogen and oxygen atoms in total. The molecule has 0 spiro atoms. The zero-order valence-electron chi connectivity index (χ0n) is 12.8. The smallest absolute Gasteiger partial charge is 0.228 e. The number of carbonyl (C=O) groups excluding carboxylic acids is 1. The SMILES string of the molecule is CC1(C)CCCC1C(=O)Nc1ccc(C#CCCO)cc1. The topological polar surface area (TPSA) is 49.3 Å². The minimum absolute atomic E-state index is 0.0817. The van der Waals surface area contributed by atoms with Crippen molar-refractivity contribution in [2.75, 3.05) is 11.9 Å². The van der Waals surface area contributed by atoms with Crippen LogP contribution >= 0.6 is 0 Å². The van der Waals surface area contributed by atoms with E-state index in [9.17, 15) is 4.79 Å². The number of carbonyl (C=O) groups is 1. The van der Waals surface area contributed by atoms with Crippen LogP contribution in [0.2, 0.25) is 0 Å². The third-order valence-electron chi connectivity index (χ3n) is 4.20. The number of anilines is 1. The number of rotatable bonds is 3. The average Bonchev–Trinajstić information content (AvgIpc) is 2.80. The normalized spacial score (nSPS) is 19.7. The molecule has 1 aliphatic rings. The molecule has 1 saturated carbocycles. The summed E-state index contributed by atoms with van der Waals surface area (Å²) in [5.41, 5.74) is 1.80. The second-order valence-corrected chi connectivity index (χ2v) is 6.28. The number of hydrogen-bond acceptors (Lipinski definition) is 2. The summed E-state index contributed by atoms with van der Waals surface area (Å²) >= 11 is 0. The number of amides is 1. The van der Waals surface area contributed by atoms with Crippen molar-refractivity contribution in [3.05, 3.63) is 29.8 Å². The quantitative estimate of drug-likeness (QED) is 0.838. The Morgan fingerprint density at radius 1 is 1.38 bits per heavy atom. The molecular formula is C18H23NO2. The summed E-state index contributed by atoms with van der Waals surface area (Å²) in [6, 6.07) is 7.53. The van der Waals surface area contributed by atoms with E-state index in [1.807, 2.05) is 24.3 Å². The molecule has 21 heavy (non-hydrogen) atoms. The van der Waals surface area contributed by atoms with Crippen molar-refractivity contribution in [2.45, 2.75) is 39.5 Å². The fourth-order valence-electron chi connectivity index (χ4n) is 2.90. The van der Waals surface area contributed by atoms with E-state index in [0.29, 0.717) is 6.42 Å².